The van der Waals surface area contributed by atoms with E-state index in [0.717, 1.165) is 6.71 Å². The number of rotatable bonds is 3. The van der Waals surface area contributed by atoms with Crippen LogP contribution >= 0.6 is 0 Å². The van der Waals surface area contributed by atoms with Gasteiger partial charge in [0.05, 0.1) is 0 Å². The highest BCUT2D eigenvalue weighted by Gasteiger charge is 1.86. The Kier molecular flexibility index (Phi) is 159. The lowest BCUT2D eigenvalue weighted by molar-refractivity contribution is 0.772. The molecule has 0 amide bonds. The molecular formula is C21H55B. The molecule has 1 heteroatoms. The summed E-state index contributed by atoms with van der Waals surface area (Å²) in [5.41, 5.74) is 0. The van der Waals surface area contributed by atoms with Gasteiger partial charge in [0.25, 0.3) is 0 Å². The maximum absolute atomic E-state index is 2.22. The van der Waals surface area contributed by atoms with Crippen molar-refractivity contribution in [2.24, 2.45) is 0 Å². The summed E-state index contributed by atoms with van der Waals surface area (Å²) in [6.45, 7) is 20.0. The first kappa shape index (κ1) is 49.6. The van der Waals surface area contributed by atoms with Crippen molar-refractivity contribution < 1.29 is 0 Å². The topological polar surface area (TPSA) is 0 Å². The van der Waals surface area contributed by atoms with Gasteiger partial charge in [-0.2, -0.15) is 0 Å². The molecule has 0 aliphatic carbocycles. The number of unbranched alkanes of at least 4 members (excludes halogenated alkanes) is 2. The Morgan fingerprint density at radius 2 is 0.773 bits per heavy atom. The quantitative estimate of drug-likeness (QED) is 0.359. The molecule has 0 unspecified atom stereocenters. The van der Waals surface area contributed by atoms with Crippen LogP contribution in [-0.2, 0) is 0 Å². The molecule has 0 aromatic rings. The summed E-state index contributed by atoms with van der Waals surface area (Å²) in [6, 6.07) is 0. The highest BCUT2D eigenvalue weighted by atomic mass is 13.7. The average molecular weight is 318 g/mol. The van der Waals surface area contributed by atoms with Crippen molar-refractivity contribution in [3.05, 3.63) is 24.3 Å². The van der Waals surface area contributed by atoms with Crippen molar-refractivity contribution in [2.75, 3.05) is 0 Å². The molecular weight excluding hydrogens is 263 g/mol. The van der Waals surface area contributed by atoms with Crippen molar-refractivity contribution in [3.63, 3.8) is 0 Å². The summed E-state index contributed by atoms with van der Waals surface area (Å²) in [5, 5.41) is 0. The van der Waals surface area contributed by atoms with Gasteiger partial charge in [0, 0.05) is 0 Å². The molecule has 0 aliphatic rings. The van der Waals surface area contributed by atoms with Crippen molar-refractivity contribution in [3.8, 4) is 0 Å². The molecule has 0 N–H and O–H groups in total. The van der Waals surface area contributed by atoms with E-state index in [-0.39, 0.29) is 29.7 Å². The van der Waals surface area contributed by atoms with Crippen LogP contribution in [0.2, 0.25) is 20.0 Å². The molecule has 0 saturated carbocycles. The van der Waals surface area contributed by atoms with Crippen molar-refractivity contribution in [1.29, 1.82) is 0 Å². The van der Waals surface area contributed by atoms with E-state index in [1.54, 1.807) is 0 Å². The molecule has 0 aliphatic heterocycles. The summed E-state index contributed by atoms with van der Waals surface area (Å²) in [6.07, 6.45) is 13.4. The third-order valence-corrected chi connectivity index (χ3v) is 2.19. The molecule has 0 fully saturated rings. The summed E-state index contributed by atoms with van der Waals surface area (Å²) in [5.74, 6) is 0. The van der Waals surface area contributed by atoms with Crippen molar-refractivity contribution in [2.45, 2.75) is 117 Å². The van der Waals surface area contributed by atoms with E-state index in [1.807, 2.05) is 52.0 Å². The van der Waals surface area contributed by atoms with E-state index < -0.39 is 0 Å². The van der Waals surface area contributed by atoms with E-state index in [4.69, 9.17) is 0 Å². The van der Waals surface area contributed by atoms with Crippen molar-refractivity contribution in [1.82, 2.24) is 0 Å². The van der Waals surface area contributed by atoms with E-state index in [0.29, 0.717) is 0 Å². The predicted octanol–water partition coefficient (Wildman–Crippen LogP) is 9.67. The Hall–Kier alpha value is -0.455. The zero-order valence-corrected chi connectivity index (χ0v) is 14.7. The lowest BCUT2D eigenvalue weighted by Gasteiger charge is -1.84. The molecule has 0 spiro atoms. The summed E-state index contributed by atoms with van der Waals surface area (Å²) in [7, 11) is 0. The fourth-order valence-electron chi connectivity index (χ4n) is 0.354. The molecule has 0 aromatic carbocycles. The van der Waals surface area contributed by atoms with E-state index >= 15 is 0 Å². The van der Waals surface area contributed by atoms with E-state index in [1.165, 1.54) is 25.6 Å². The van der Waals surface area contributed by atoms with E-state index in [9.17, 15) is 0 Å². The predicted molar refractivity (Wildman–Crippen MR) is 121 cm³/mol. The van der Waals surface area contributed by atoms with Gasteiger partial charge in [-0.25, -0.2) is 0 Å². The molecule has 0 heterocycles. The normalized spacial score (nSPS) is 7.14. The highest BCUT2D eigenvalue weighted by molar-refractivity contribution is 6.55. The smallest absolute Gasteiger partial charge is 0.0919 e. The monoisotopic (exact) mass is 318 g/mol. The summed E-state index contributed by atoms with van der Waals surface area (Å²) < 4.78 is 0. The van der Waals surface area contributed by atoms with Crippen LogP contribution in [0, 0.1) is 0 Å². The third-order valence-electron chi connectivity index (χ3n) is 2.19. The lowest BCUT2D eigenvalue weighted by Crippen LogP contribution is -1.92. The average Bonchev–Trinajstić information content (AvgIpc) is 2.40. The molecule has 0 nitrogen and oxygen atoms in total. The second-order valence-electron chi connectivity index (χ2n) is 4.49. The summed E-state index contributed by atoms with van der Waals surface area (Å²) >= 11 is 0. The first-order valence-corrected chi connectivity index (χ1v) is 7.66. The first-order chi connectivity index (χ1) is 8.51. The van der Waals surface area contributed by atoms with Gasteiger partial charge >= 0.3 is 0 Å². The molecule has 22 heavy (non-hydrogen) atoms. The summed E-state index contributed by atoms with van der Waals surface area (Å²) in [4.78, 5) is 0. The number of hydrogen-bond donors (Lipinski definition) is 0. The van der Waals surface area contributed by atoms with Crippen LogP contribution in [0.15, 0.2) is 24.3 Å². The van der Waals surface area contributed by atoms with Gasteiger partial charge in [-0.1, -0.05) is 114 Å². The van der Waals surface area contributed by atoms with Crippen LogP contribution in [0.3, 0.4) is 0 Å². The molecule has 0 rings (SSSR count). The van der Waals surface area contributed by atoms with Crippen LogP contribution in [0.5, 0.6) is 0 Å². The maximum atomic E-state index is 2.22. The minimum atomic E-state index is 0. The lowest BCUT2D eigenvalue weighted by atomic mass is 9.53. The fraction of sp³-hybridized carbons (Fsp3) is 0.810. The van der Waals surface area contributed by atoms with Crippen LogP contribution in [0.25, 0.3) is 0 Å². The van der Waals surface area contributed by atoms with Crippen molar-refractivity contribution >= 4 is 6.71 Å². The molecule has 0 saturated heterocycles. The minimum absolute atomic E-state index is 0. The number of allylic oxidation sites excluding steroid dienone is 4. The first-order valence-electron chi connectivity index (χ1n) is 7.66. The van der Waals surface area contributed by atoms with Gasteiger partial charge < -0.3 is 0 Å². The Balaban J connectivity index is -0.0000000188. The molecule has 0 radical (unpaired) electrons. The van der Waals surface area contributed by atoms with Crippen LogP contribution in [0.4, 0.5) is 0 Å². The standard InChI is InChI=1S/C5H12.C4H11B.2C4H8.4CH4/c1-3-5-4-2;1-4-5(2)3;2*1-3-4-2;;;;/h3-5H2,1-2H3;4H2,1-3H3;2*3-4H,1-2H3;4*1H4. The number of hydrogen-bond acceptors (Lipinski definition) is 0. The van der Waals surface area contributed by atoms with Gasteiger partial charge in [0.1, 0.15) is 6.71 Å². The van der Waals surface area contributed by atoms with Crippen LogP contribution in [0.1, 0.15) is 97.4 Å². The van der Waals surface area contributed by atoms with Gasteiger partial charge in [-0.15, -0.1) is 0 Å². The SMILES string of the molecule is C.C.C.C.CC=CC.CC=CC.CCB(C)C.CCCCC. The van der Waals surface area contributed by atoms with Gasteiger partial charge in [0.2, 0.25) is 0 Å². The molecule has 0 bridgehead atoms. The molecule has 0 aromatic heterocycles. The Morgan fingerprint density at radius 1 is 0.591 bits per heavy atom. The third kappa shape index (κ3) is 219. The Morgan fingerprint density at radius 3 is 0.773 bits per heavy atom. The van der Waals surface area contributed by atoms with E-state index in [2.05, 4.69) is 34.4 Å². The molecule has 142 valence electrons. The highest BCUT2D eigenvalue weighted by Crippen LogP contribution is 1.88. The Labute approximate surface area is 149 Å². The van der Waals surface area contributed by atoms with Gasteiger partial charge in [0.15, 0.2) is 0 Å². The second-order valence-corrected chi connectivity index (χ2v) is 4.49. The fourth-order valence-corrected chi connectivity index (χ4v) is 0.354. The minimum Gasteiger partial charge on any atom is -0.0919 e. The zero-order chi connectivity index (χ0) is 15.2. The van der Waals surface area contributed by atoms with Gasteiger partial charge in [-0.05, 0) is 27.7 Å². The molecule has 0 atom stereocenters. The maximum Gasteiger partial charge on any atom is 0.133 e. The van der Waals surface area contributed by atoms with Gasteiger partial charge in [-0.3, -0.25) is 0 Å². The van der Waals surface area contributed by atoms with Crippen LogP contribution in [-0.4, -0.2) is 6.71 Å². The second kappa shape index (κ2) is 70.6. The zero-order valence-electron chi connectivity index (χ0n) is 14.7. The largest absolute Gasteiger partial charge is 0.133 e. The Bertz CT molecular complexity index is 115. The van der Waals surface area contributed by atoms with Crippen LogP contribution < -0.4 is 0 Å².